The molecule has 2 aliphatic rings. The van der Waals surface area contributed by atoms with Gasteiger partial charge in [0.05, 0.1) is 11.4 Å². The van der Waals surface area contributed by atoms with Crippen molar-refractivity contribution in [2.75, 3.05) is 0 Å². The van der Waals surface area contributed by atoms with Crippen LogP contribution in [0.15, 0.2) is 146 Å². The van der Waals surface area contributed by atoms with Gasteiger partial charge in [0.2, 0.25) is 0 Å². The first kappa shape index (κ1) is 42.5. The Morgan fingerprint density at radius 1 is 0.359 bits per heavy atom. The smallest absolute Gasteiger partial charge is 0.0892 e. The van der Waals surface area contributed by atoms with Gasteiger partial charge in [0, 0.05) is 42.7 Å². The fourth-order valence-corrected chi connectivity index (χ4v) is 13.2. The third kappa shape index (κ3) is 7.51. The van der Waals surface area contributed by atoms with Gasteiger partial charge in [0.15, 0.2) is 0 Å². The summed E-state index contributed by atoms with van der Waals surface area (Å²) in [6.07, 6.45) is 18.5. The maximum absolute atomic E-state index is 4.86. The summed E-state index contributed by atoms with van der Waals surface area (Å²) in [4.78, 5) is 14.8. The summed E-state index contributed by atoms with van der Waals surface area (Å²) in [5, 5.41) is 0. The molecule has 0 aliphatic heterocycles. The predicted octanol–water partition coefficient (Wildman–Crippen LogP) is 18.2. The fourth-order valence-electron chi connectivity index (χ4n) is 11.2. The Morgan fingerprint density at radius 3 is 1.08 bits per heavy atom. The van der Waals surface area contributed by atoms with Crippen LogP contribution < -0.4 is 0 Å². The van der Waals surface area contributed by atoms with Crippen LogP contribution in [0.25, 0.3) is 75.4 Å². The summed E-state index contributed by atoms with van der Waals surface area (Å²) < 4.78 is 0. The zero-order valence-electron chi connectivity index (χ0n) is 38.1. The average molecular weight is 873 g/mol. The lowest BCUT2D eigenvalue weighted by Crippen LogP contribution is -2.25. The molecule has 0 unspecified atom stereocenters. The van der Waals surface area contributed by atoms with Crippen molar-refractivity contribution in [2.45, 2.75) is 116 Å². The molecule has 2 aliphatic carbocycles. The lowest BCUT2D eigenvalue weighted by molar-refractivity contribution is 0.414. The van der Waals surface area contributed by atoms with E-state index in [9.17, 15) is 0 Å². The highest BCUT2D eigenvalue weighted by Crippen LogP contribution is 2.57. The van der Waals surface area contributed by atoms with Gasteiger partial charge in [0.1, 0.15) is 0 Å². The molecule has 0 saturated carbocycles. The molecule has 0 spiro atoms. The number of unbranched alkanes of at least 4 members (excludes halogenated alkanes) is 4. The number of nitrogens with zero attached hydrogens (tertiary/aromatic N) is 2. The van der Waals surface area contributed by atoms with Crippen molar-refractivity contribution in [3.63, 3.8) is 0 Å². The quantitative estimate of drug-likeness (QED) is 0.0911. The van der Waals surface area contributed by atoms with E-state index in [2.05, 4.69) is 161 Å². The number of rotatable bonds is 17. The van der Waals surface area contributed by atoms with Gasteiger partial charge in [-0.25, -0.2) is 0 Å². The minimum absolute atomic E-state index is 0.0872. The van der Waals surface area contributed by atoms with Crippen LogP contribution in [0.5, 0.6) is 0 Å². The molecule has 0 N–H and O–H groups in total. The molecule has 4 aromatic carbocycles. The summed E-state index contributed by atoms with van der Waals surface area (Å²) in [6, 6.07) is 50.9. The van der Waals surface area contributed by atoms with Crippen molar-refractivity contribution in [2.24, 2.45) is 0 Å². The maximum atomic E-state index is 4.86. The molecule has 8 aromatic rings. The number of hydrogen-bond acceptors (Lipinski definition) is 4. The Hall–Kier alpha value is -5.42. The second kappa shape index (κ2) is 18.2. The van der Waals surface area contributed by atoms with Crippen LogP contribution in [0.3, 0.4) is 0 Å². The normalized spacial score (nSPS) is 14.0. The van der Waals surface area contributed by atoms with Gasteiger partial charge >= 0.3 is 0 Å². The number of pyridine rings is 2. The standard InChI is InChI=1S/C60H60N2S2/c1-5-9-31-59(32-10-6-2)49-19-15-13-17-45(49)47-23-21-41(37-51(47)59)55-25-27-57(63-55)43-29-35-61-53(39-43)54-40-44(30-36-62-54)58-28-26-56(64-58)42-22-24-48-46-18-14-16-20-50(46)60(33-11-7-3,34-12-8-4)52(48)38-42/h13-30,35-40H,5-12,31-34H2,1-4H3. The lowest BCUT2D eigenvalue weighted by Gasteiger charge is -2.33. The molecule has 0 radical (unpaired) electrons. The number of aromatic nitrogens is 2. The SMILES string of the molecule is CCCCC1(CCCC)c2ccccc2-c2ccc(-c3ccc(-c4ccnc(-c5cc(-c6ccc(-c7ccc8c(c7)C(CCCC)(CCCC)c7ccccc7-8)s6)ccn5)c4)s3)cc21. The summed E-state index contributed by atoms with van der Waals surface area (Å²) in [5.41, 5.74) is 18.8. The minimum Gasteiger partial charge on any atom is -0.255 e. The summed E-state index contributed by atoms with van der Waals surface area (Å²) in [7, 11) is 0. The Labute approximate surface area is 389 Å². The number of hydrogen-bond donors (Lipinski definition) is 0. The van der Waals surface area contributed by atoms with E-state index in [1.807, 2.05) is 35.1 Å². The highest BCUT2D eigenvalue weighted by atomic mass is 32.1. The minimum atomic E-state index is 0.0872. The molecule has 0 fully saturated rings. The molecule has 4 heterocycles. The van der Waals surface area contributed by atoms with Crippen LogP contribution in [0.2, 0.25) is 0 Å². The van der Waals surface area contributed by atoms with Gasteiger partial charge in [-0.1, -0.05) is 152 Å². The van der Waals surface area contributed by atoms with E-state index in [1.54, 1.807) is 0 Å². The maximum Gasteiger partial charge on any atom is 0.0892 e. The van der Waals surface area contributed by atoms with Crippen LogP contribution in [0.1, 0.15) is 127 Å². The van der Waals surface area contributed by atoms with Crippen LogP contribution >= 0.6 is 22.7 Å². The first-order valence-electron chi connectivity index (χ1n) is 24.1. The lowest BCUT2D eigenvalue weighted by atomic mass is 9.70. The Bertz CT molecular complexity index is 2710. The van der Waals surface area contributed by atoms with Gasteiger partial charge in [0.25, 0.3) is 0 Å². The Morgan fingerprint density at radius 2 is 0.703 bits per heavy atom. The van der Waals surface area contributed by atoms with Crippen LogP contribution in [-0.2, 0) is 10.8 Å². The molecule has 0 amide bonds. The van der Waals surface area contributed by atoms with Gasteiger partial charge in [-0.15, -0.1) is 22.7 Å². The molecule has 322 valence electrons. The number of fused-ring (bicyclic) bond motifs is 6. The molecule has 0 bridgehead atoms. The van der Waals surface area contributed by atoms with Crippen molar-refractivity contribution in [3.8, 4) is 75.4 Å². The fraction of sp³-hybridized carbons (Fsp3) is 0.300. The van der Waals surface area contributed by atoms with Crippen molar-refractivity contribution in [1.29, 1.82) is 0 Å². The topological polar surface area (TPSA) is 25.8 Å². The highest BCUT2D eigenvalue weighted by molar-refractivity contribution is 7.19. The zero-order valence-corrected chi connectivity index (χ0v) is 39.7. The van der Waals surface area contributed by atoms with E-state index in [1.165, 1.54) is 163 Å². The van der Waals surface area contributed by atoms with Gasteiger partial charge in [-0.05, 0) is 153 Å². The monoisotopic (exact) mass is 872 g/mol. The molecule has 10 rings (SSSR count). The van der Waals surface area contributed by atoms with E-state index in [4.69, 9.17) is 9.97 Å². The molecule has 2 nitrogen and oxygen atoms in total. The van der Waals surface area contributed by atoms with Gasteiger partial charge in [-0.2, -0.15) is 0 Å². The molecular formula is C60H60N2S2. The van der Waals surface area contributed by atoms with E-state index >= 15 is 0 Å². The first-order valence-corrected chi connectivity index (χ1v) is 25.8. The van der Waals surface area contributed by atoms with Gasteiger partial charge in [-0.3, -0.25) is 9.97 Å². The van der Waals surface area contributed by atoms with E-state index < -0.39 is 0 Å². The largest absolute Gasteiger partial charge is 0.255 e. The van der Waals surface area contributed by atoms with Crippen molar-refractivity contribution in [3.05, 3.63) is 168 Å². The molecule has 4 aromatic heterocycles. The molecule has 64 heavy (non-hydrogen) atoms. The molecular weight excluding hydrogens is 813 g/mol. The number of benzene rings is 4. The number of thiophene rings is 2. The highest BCUT2D eigenvalue weighted by Gasteiger charge is 2.43. The summed E-state index contributed by atoms with van der Waals surface area (Å²) in [6.45, 7) is 9.32. The van der Waals surface area contributed by atoms with E-state index in [0.29, 0.717) is 0 Å². The molecule has 4 heteroatoms. The van der Waals surface area contributed by atoms with Gasteiger partial charge < -0.3 is 0 Å². The Kier molecular flexibility index (Phi) is 12.1. The van der Waals surface area contributed by atoms with Crippen LogP contribution in [-0.4, -0.2) is 9.97 Å². The third-order valence-corrected chi connectivity index (χ3v) is 16.9. The van der Waals surface area contributed by atoms with Crippen molar-refractivity contribution < 1.29 is 0 Å². The summed E-state index contributed by atoms with van der Waals surface area (Å²) in [5.74, 6) is 0. The Balaban J connectivity index is 0.922. The predicted molar refractivity (Wildman–Crippen MR) is 275 cm³/mol. The zero-order chi connectivity index (χ0) is 43.7. The average Bonchev–Trinajstić information content (AvgIpc) is 4.15. The molecule has 0 saturated heterocycles. The second-order valence-corrected chi connectivity index (χ2v) is 20.5. The summed E-state index contributed by atoms with van der Waals surface area (Å²) >= 11 is 3.75. The van der Waals surface area contributed by atoms with E-state index in [0.717, 1.165) is 11.4 Å². The van der Waals surface area contributed by atoms with Crippen LogP contribution in [0, 0.1) is 0 Å². The first-order chi connectivity index (χ1) is 31.5. The third-order valence-electron chi connectivity index (χ3n) is 14.5. The second-order valence-electron chi connectivity index (χ2n) is 18.4. The van der Waals surface area contributed by atoms with Crippen LogP contribution in [0.4, 0.5) is 0 Å². The van der Waals surface area contributed by atoms with Crippen molar-refractivity contribution in [1.82, 2.24) is 9.97 Å². The van der Waals surface area contributed by atoms with E-state index in [-0.39, 0.29) is 10.8 Å². The van der Waals surface area contributed by atoms with Crippen molar-refractivity contribution >= 4 is 22.7 Å². The molecule has 0 atom stereocenters.